The van der Waals surface area contributed by atoms with Crippen molar-refractivity contribution in [3.05, 3.63) is 12.0 Å². The second-order valence-corrected chi connectivity index (χ2v) is 4.02. The molecule has 1 rings (SSSR count). The standard InChI is InChI=1S/C6H11N4O5P/c7-5-4(6(8)11)9-3-10(5)1-2-15-16(12,13)14/h3H,1-2H2,(H6,7,8,11,12,13,14)/p-1. The molecule has 5 N–H and O–H groups in total. The molecule has 0 radical (unpaired) electrons. The molecule has 0 atom stereocenters. The molecule has 0 saturated heterocycles. The average molecular weight is 249 g/mol. The van der Waals surface area contributed by atoms with Crippen LogP contribution in [0.15, 0.2) is 6.33 Å². The molecule has 1 amide bonds. The Morgan fingerprint density at radius 1 is 1.62 bits per heavy atom. The van der Waals surface area contributed by atoms with Gasteiger partial charge in [-0.15, -0.1) is 0 Å². The van der Waals surface area contributed by atoms with Crippen molar-refractivity contribution in [2.45, 2.75) is 6.54 Å². The van der Waals surface area contributed by atoms with Crippen LogP contribution >= 0.6 is 7.82 Å². The van der Waals surface area contributed by atoms with Gasteiger partial charge in [-0.1, -0.05) is 0 Å². The Labute approximate surface area is 90.3 Å². The van der Waals surface area contributed by atoms with Gasteiger partial charge in [0.1, 0.15) is 0 Å². The van der Waals surface area contributed by atoms with Crippen molar-refractivity contribution >= 4 is 19.5 Å². The number of imidazole rings is 1. The van der Waals surface area contributed by atoms with E-state index in [4.69, 9.17) is 11.5 Å². The Bertz CT molecular complexity index is 438. The third-order valence-corrected chi connectivity index (χ3v) is 2.26. The van der Waals surface area contributed by atoms with E-state index in [1.54, 1.807) is 0 Å². The lowest BCUT2D eigenvalue weighted by Gasteiger charge is -2.28. The molecule has 16 heavy (non-hydrogen) atoms. The number of carbonyl (C=O) groups excluding carboxylic acids is 1. The third kappa shape index (κ3) is 3.31. The first-order chi connectivity index (χ1) is 7.31. The zero-order valence-corrected chi connectivity index (χ0v) is 8.98. The number of nitrogens with two attached hydrogens (primary N) is 2. The number of phosphoric ester groups is 1. The molecule has 10 heteroatoms. The van der Waals surface area contributed by atoms with Crippen molar-refractivity contribution in [2.24, 2.45) is 5.73 Å². The molecule has 1 heterocycles. The lowest BCUT2D eigenvalue weighted by atomic mass is 10.4. The molecule has 0 aliphatic carbocycles. The fourth-order valence-corrected chi connectivity index (χ4v) is 1.37. The second kappa shape index (κ2) is 4.62. The van der Waals surface area contributed by atoms with E-state index in [1.807, 2.05) is 0 Å². The highest BCUT2D eigenvalue weighted by atomic mass is 31.2. The predicted octanol–water partition coefficient (Wildman–Crippen LogP) is -3.17. The minimum Gasteiger partial charge on any atom is -0.790 e. The lowest BCUT2D eigenvalue weighted by molar-refractivity contribution is -0.683. The first kappa shape index (κ1) is 12.7. The van der Waals surface area contributed by atoms with Crippen molar-refractivity contribution in [1.82, 2.24) is 4.98 Å². The normalized spacial score (nSPS) is 11.6. The van der Waals surface area contributed by atoms with Crippen LogP contribution in [0.1, 0.15) is 10.5 Å². The molecule has 0 saturated carbocycles. The van der Waals surface area contributed by atoms with Gasteiger partial charge < -0.3 is 30.3 Å². The smallest absolute Gasteiger partial charge is 0.287 e. The van der Waals surface area contributed by atoms with E-state index in [0.717, 1.165) is 0 Å². The molecule has 0 aliphatic heterocycles. The van der Waals surface area contributed by atoms with Gasteiger partial charge in [-0.25, -0.2) is 4.57 Å². The van der Waals surface area contributed by atoms with Gasteiger partial charge in [-0.05, 0) is 0 Å². The van der Waals surface area contributed by atoms with Gasteiger partial charge >= 0.3 is 0 Å². The van der Waals surface area contributed by atoms with Crippen LogP contribution in [-0.4, -0.2) is 17.5 Å². The Morgan fingerprint density at radius 3 is 2.69 bits per heavy atom. The number of amides is 1. The second-order valence-electron chi connectivity index (χ2n) is 2.87. The van der Waals surface area contributed by atoms with Crippen LogP contribution < -0.4 is 25.8 Å². The van der Waals surface area contributed by atoms with Gasteiger partial charge in [0.15, 0.2) is 6.33 Å². The largest absolute Gasteiger partial charge is 0.790 e. The van der Waals surface area contributed by atoms with Crippen LogP contribution in [0.5, 0.6) is 0 Å². The maximum atomic E-state index is 10.8. The van der Waals surface area contributed by atoms with Crippen molar-refractivity contribution < 1.29 is 28.2 Å². The SMILES string of the molecule is NC(=O)c1[nH]c[n+](CCOP(=O)([O-])[O-])c1N. The minimum absolute atomic E-state index is 0.00405. The number of H-pyrrole nitrogens is 1. The summed E-state index contributed by atoms with van der Waals surface area (Å²) >= 11 is 0. The minimum atomic E-state index is -4.99. The van der Waals surface area contributed by atoms with Crippen molar-refractivity contribution in [1.29, 1.82) is 0 Å². The van der Waals surface area contributed by atoms with Crippen LogP contribution in [0.4, 0.5) is 5.82 Å². The van der Waals surface area contributed by atoms with E-state index in [-0.39, 0.29) is 24.7 Å². The van der Waals surface area contributed by atoms with Gasteiger partial charge in [0.05, 0.1) is 21.0 Å². The molecule has 9 nitrogen and oxygen atoms in total. The molecule has 1 aromatic heterocycles. The highest BCUT2D eigenvalue weighted by Crippen LogP contribution is 2.23. The number of nitrogens with one attached hydrogen (secondary N) is 1. The van der Waals surface area contributed by atoms with E-state index in [1.165, 1.54) is 10.9 Å². The Morgan fingerprint density at radius 2 is 2.25 bits per heavy atom. The molecule has 0 bridgehead atoms. The van der Waals surface area contributed by atoms with E-state index >= 15 is 0 Å². The highest BCUT2D eigenvalue weighted by molar-refractivity contribution is 7.43. The highest BCUT2D eigenvalue weighted by Gasteiger charge is 2.17. The lowest BCUT2D eigenvalue weighted by Crippen LogP contribution is -2.38. The molecule has 0 aromatic carbocycles. The molecule has 0 aliphatic rings. The summed E-state index contributed by atoms with van der Waals surface area (Å²) in [7, 11) is -4.99. The molecule has 1 aromatic rings. The van der Waals surface area contributed by atoms with Gasteiger partial charge in [0.25, 0.3) is 11.7 Å². The van der Waals surface area contributed by atoms with Crippen molar-refractivity contribution in [2.75, 3.05) is 12.3 Å². The molecule has 90 valence electrons. The maximum Gasteiger partial charge on any atom is 0.287 e. The van der Waals surface area contributed by atoms with E-state index in [0.29, 0.717) is 0 Å². The number of nitrogen functional groups attached to an aromatic ring is 1. The van der Waals surface area contributed by atoms with Crippen molar-refractivity contribution in [3.8, 4) is 0 Å². The summed E-state index contributed by atoms with van der Waals surface area (Å²) in [4.78, 5) is 33.6. The summed E-state index contributed by atoms with van der Waals surface area (Å²) in [5.41, 5.74) is 10.5. The summed E-state index contributed by atoms with van der Waals surface area (Å²) in [6.07, 6.45) is 1.32. The molecule has 0 fully saturated rings. The summed E-state index contributed by atoms with van der Waals surface area (Å²) in [6.45, 7) is -0.362. The summed E-state index contributed by atoms with van der Waals surface area (Å²) in [5.74, 6) is -0.696. The van der Waals surface area contributed by atoms with Gasteiger partial charge in [-0.3, -0.25) is 9.78 Å². The number of hydrogen-bond acceptors (Lipinski definition) is 6. The van der Waals surface area contributed by atoms with Gasteiger partial charge in [0, 0.05) is 0 Å². The summed E-state index contributed by atoms with van der Waals surface area (Å²) in [6, 6.07) is 0. The molecular weight excluding hydrogens is 239 g/mol. The monoisotopic (exact) mass is 249 g/mol. The van der Waals surface area contributed by atoms with E-state index < -0.39 is 13.7 Å². The number of phosphoric acid groups is 1. The molecular formula is C6H10N4O5P-. The van der Waals surface area contributed by atoms with Crippen LogP contribution in [0.2, 0.25) is 0 Å². The number of primary amides is 1. The zero-order chi connectivity index (χ0) is 12.3. The number of aromatic amines is 1. The number of carbonyl (C=O) groups is 1. The summed E-state index contributed by atoms with van der Waals surface area (Å²) < 4.78 is 15.4. The number of anilines is 1. The van der Waals surface area contributed by atoms with Crippen LogP contribution in [0.3, 0.4) is 0 Å². The Hall–Kier alpha value is -1.41. The Balaban J connectivity index is 2.62. The predicted molar refractivity (Wildman–Crippen MR) is 47.5 cm³/mol. The summed E-state index contributed by atoms with van der Waals surface area (Å²) in [5, 5.41) is 0. The fourth-order valence-electron chi connectivity index (χ4n) is 1.06. The number of nitrogens with zero attached hydrogens (tertiary/aromatic N) is 1. The van der Waals surface area contributed by atoms with Gasteiger partial charge in [-0.2, -0.15) is 0 Å². The number of hydrogen-bond donors (Lipinski definition) is 3. The van der Waals surface area contributed by atoms with Gasteiger partial charge in [0.2, 0.25) is 5.69 Å². The fraction of sp³-hybridized carbons (Fsp3) is 0.333. The van der Waals surface area contributed by atoms with Crippen LogP contribution in [-0.2, 0) is 15.6 Å². The first-order valence-corrected chi connectivity index (χ1v) is 5.60. The molecule has 0 spiro atoms. The maximum absolute atomic E-state index is 10.8. The quantitative estimate of drug-likeness (QED) is 0.368. The van der Waals surface area contributed by atoms with E-state index in [9.17, 15) is 19.1 Å². The third-order valence-electron chi connectivity index (χ3n) is 1.76. The first-order valence-electron chi connectivity index (χ1n) is 4.14. The number of rotatable bonds is 5. The Kier molecular flexibility index (Phi) is 3.66. The average Bonchev–Trinajstić information content (AvgIpc) is 2.46. The topological polar surface area (TPSA) is 161 Å². The van der Waals surface area contributed by atoms with Crippen LogP contribution in [0.25, 0.3) is 0 Å². The number of aromatic nitrogens is 2. The zero-order valence-electron chi connectivity index (χ0n) is 8.08. The van der Waals surface area contributed by atoms with E-state index in [2.05, 4.69) is 9.51 Å². The van der Waals surface area contributed by atoms with Crippen LogP contribution in [0, 0.1) is 0 Å². The van der Waals surface area contributed by atoms with Crippen molar-refractivity contribution in [3.63, 3.8) is 0 Å². The molecule has 0 unspecified atom stereocenters.